The highest BCUT2D eigenvalue weighted by Gasteiger charge is 2.43. The molecule has 122 valence electrons. The van der Waals surface area contributed by atoms with Crippen LogP contribution in [0.25, 0.3) is 21.8 Å². The molecule has 0 fully saturated rings. The van der Waals surface area contributed by atoms with Gasteiger partial charge in [0.05, 0.1) is 16.5 Å². The van der Waals surface area contributed by atoms with E-state index in [4.69, 9.17) is 4.74 Å². The number of fused-ring (bicyclic) bond motifs is 4. The normalized spacial score (nSPS) is 19.3. The number of nitrogens with one attached hydrogen (secondary N) is 1. The Kier molecular flexibility index (Phi) is 2.81. The Balaban J connectivity index is 2.20. The Morgan fingerprint density at radius 2 is 1.92 bits per heavy atom. The summed E-state index contributed by atoms with van der Waals surface area (Å²) in [4.78, 5) is 28.4. The van der Waals surface area contributed by atoms with Crippen molar-refractivity contribution in [2.45, 2.75) is 25.6 Å². The summed E-state index contributed by atoms with van der Waals surface area (Å²) in [6.07, 6.45) is -1.37. The van der Waals surface area contributed by atoms with Gasteiger partial charge in [-0.25, -0.2) is 0 Å². The van der Waals surface area contributed by atoms with Crippen molar-refractivity contribution < 1.29 is 19.7 Å². The fourth-order valence-electron chi connectivity index (χ4n) is 3.18. The SMILES string of the molecule is CC1(C)Oc2cc(O)c3c(=O)c4ccccc4[nH]c3c2C(=O)[C@@H]1O. The molecule has 0 saturated heterocycles. The van der Waals surface area contributed by atoms with Gasteiger partial charge in [-0.15, -0.1) is 0 Å². The van der Waals surface area contributed by atoms with Crippen LogP contribution in [0.4, 0.5) is 0 Å². The third kappa shape index (κ3) is 1.80. The van der Waals surface area contributed by atoms with Crippen molar-refractivity contribution in [2.75, 3.05) is 0 Å². The number of aromatic nitrogens is 1. The number of aliphatic hydroxyl groups is 1. The number of aromatic hydroxyl groups is 1. The van der Waals surface area contributed by atoms with Gasteiger partial charge in [-0.3, -0.25) is 9.59 Å². The molecule has 1 aliphatic heterocycles. The first-order chi connectivity index (χ1) is 11.3. The van der Waals surface area contributed by atoms with E-state index in [0.717, 1.165) is 0 Å². The number of para-hydroxylation sites is 1. The number of aromatic amines is 1. The zero-order chi connectivity index (χ0) is 17.2. The Morgan fingerprint density at radius 3 is 2.67 bits per heavy atom. The number of ether oxygens (including phenoxy) is 1. The number of carbonyl (C=O) groups is 1. The highest BCUT2D eigenvalue weighted by Crippen LogP contribution is 2.40. The second kappa shape index (κ2) is 4.58. The molecule has 6 heteroatoms. The Morgan fingerprint density at radius 1 is 1.21 bits per heavy atom. The van der Waals surface area contributed by atoms with Crippen molar-refractivity contribution in [3.8, 4) is 11.5 Å². The number of H-pyrrole nitrogens is 1. The van der Waals surface area contributed by atoms with E-state index in [0.29, 0.717) is 10.9 Å². The van der Waals surface area contributed by atoms with Gasteiger partial charge in [0.15, 0.2) is 6.10 Å². The minimum absolute atomic E-state index is 0.0105. The van der Waals surface area contributed by atoms with Crippen LogP contribution in [0.2, 0.25) is 0 Å². The monoisotopic (exact) mass is 325 g/mol. The molecule has 24 heavy (non-hydrogen) atoms. The minimum Gasteiger partial charge on any atom is -0.507 e. The van der Waals surface area contributed by atoms with E-state index >= 15 is 0 Å². The summed E-state index contributed by atoms with van der Waals surface area (Å²) < 4.78 is 5.69. The summed E-state index contributed by atoms with van der Waals surface area (Å²) in [5.41, 5.74) is -0.714. The number of pyridine rings is 1. The number of ketones is 1. The van der Waals surface area contributed by atoms with Gasteiger partial charge in [0.25, 0.3) is 0 Å². The summed E-state index contributed by atoms with van der Waals surface area (Å²) in [5.74, 6) is -0.667. The number of phenolic OH excluding ortho intramolecular Hbond substituents is 1. The molecule has 2 aromatic carbocycles. The lowest BCUT2D eigenvalue weighted by atomic mass is 9.88. The minimum atomic E-state index is -1.37. The van der Waals surface area contributed by atoms with Crippen LogP contribution in [0.15, 0.2) is 35.1 Å². The van der Waals surface area contributed by atoms with Gasteiger partial charge in [-0.05, 0) is 26.0 Å². The first kappa shape index (κ1) is 14.7. The van der Waals surface area contributed by atoms with E-state index < -0.39 is 17.5 Å². The molecular weight excluding hydrogens is 310 g/mol. The predicted molar refractivity (Wildman–Crippen MR) is 88.8 cm³/mol. The van der Waals surface area contributed by atoms with Crippen LogP contribution < -0.4 is 10.2 Å². The van der Waals surface area contributed by atoms with Gasteiger partial charge in [0.2, 0.25) is 11.2 Å². The average Bonchev–Trinajstić information content (AvgIpc) is 2.52. The van der Waals surface area contributed by atoms with Gasteiger partial charge in [-0.1, -0.05) is 12.1 Å². The molecule has 1 aliphatic rings. The molecule has 0 amide bonds. The van der Waals surface area contributed by atoms with Crippen molar-refractivity contribution in [1.82, 2.24) is 4.98 Å². The molecule has 0 radical (unpaired) electrons. The Hall–Kier alpha value is -2.86. The summed E-state index contributed by atoms with van der Waals surface area (Å²) >= 11 is 0. The van der Waals surface area contributed by atoms with E-state index in [-0.39, 0.29) is 33.4 Å². The average molecular weight is 325 g/mol. The topological polar surface area (TPSA) is 99.6 Å². The molecule has 1 atom stereocenters. The van der Waals surface area contributed by atoms with Crippen LogP contribution in [-0.4, -0.2) is 32.7 Å². The fraction of sp³-hybridized carbons (Fsp3) is 0.222. The highest BCUT2D eigenvalue weighted by molar-refractivity contribution is 6.14. The number of Topliss-reactive ketones (excluding diaryl/α,β-unsaturated/α-hetero) is 1. The maximum atomic E-state index is 12.7. The third-order valence-electron chi connectivity index (χ3n) is 4.46. The van der Waals surface area contributed by atoms with E-state index in [2.05, 4.69) is 4.98 Å². The second-order valence-electron chi connectivity index (χ2n) is 6.49. The van der Waals surface area contributed by atoms with E-state index in [1.165, 1.54) is 6.07 Å². The Labute approximate surface area is 136 Å². The van der Waals surface area contributed by atoms with Crippen molar-refractivity contribution in [3.05, 3.63) is 46.1 Å². The fourth-order valence-corrected chi connectivity index (χ4v) is 3.18. The smallest absolute Gasteiger partial charge is 0.201 e. The summed E-state index contributed by atoms with van der Waals surface area (Å²) in [7, 11) is 0. The van der Waals surface area contributed by atoms with Gasteiger partial charge < -0.3 is 19.9 Å². The van der Waals surface area contributed by atoms with Crippen LogP contribution >= 0.6 is 0 Å². The second-order valence-corrected chi connectivity index (χ2v) is 6.49. The van der Waals surface area contributed by atoms with Gasteiger partial charge in [-0.2, -0.15) is 0 Å². The Bertz CT molecular complexity index is 1080. The van der Waals surface area contributed by atoms with Crippen molar-refractivity contribution in [2.24, 2.45) is 0 Å². The lowest BCUT2D eigenvalue weighted by Gasteiger charge is -2.36. The zero-order valence-electron chi connectivity index (χ0n) is 13.1. The van der Waals surface area contributed by atoms with Gasteiger partial charge >= 0.3 is 0 Å². The van der Waals surface area contributed by atoms with Crippen molar-refractivity contribution >= 4 is 27.6 Å². The van der Waals surface area contributed by atoms with E-state index in [9.17, 15) is 19.8 Å². The molecule has 0 bridgehead atoms. The lowest BCUT2D eigenvalue weighted by Crippen LogP contribution is -2.50. The molecule has 6 nitrogen and oxygen atoms in total. The molecule has 0 aliphatic carbocycles. The molecule has 1 aromatic heterocycles. The number of aliphatic hydroxyl groups excluding tert-OH is 1. The van der Waals surface area contributed by atoms with Crippen LogP contribution in [-0.2, 0) is 0 Å². The standard InChI is InChI=1S/C18H15NO5/c1-18(2)17(23)16(22)13-11(24-18)7-10(20)12-14(13)19-9-6-4-3-5-8(9)15(12)21/h3-7,17,20,23H,1-2H3,(H,19,21)/t17-/m0/s1. The van der Waals surface area contributed by atoms with Crippen LogP contribution in [0, 0.1) is 0 Å². The molecule has 0 saturated carbocycles. The first-order valence-corrected chi connectivity index (χ1v) is 7.53. The van der Waals surface area contributed by atoms with E-state index in [1.807, 2.05) is 0 Å². The number of rotatable bonds is 0. The van der Waals surface area contributed by atoms with Crippen molar-refractivity contribution in [3.63, 3.8) is 0 Å². The first-order valence-electron chi connectivity index (χ1n) is 7.53. The molecule has 2 heterocycles. The number of benzene rings is 2. The van der Waals surface area contributed by atoms with E-state index in [1.54, 1.807) is 38.1 Å². The van der Waals surface area contributed by atoms with Crippen LogP contribution in [0.3, 0.4) is 0 Å². The summed E-state index contributed by atoms with van der Waals surface area (Å²) in [6, 6.07) is 8.09. The lowest BCUT2D eigenvalue weighted by molar-refractivity contribution is -0.0247. The largest absolute Gasteiger partial charge is 0.507 e. The number of hydrogen-bond acceptors (Lipinski definition) is 5. The molecule has 0 spiro atoms. The van der Waals surface area contributed by atoms with Crippen LogP contribution in [0.5, 0.6) is 11.5 Å². The maximum Gasteiger partial charge on any atom is 0.201 e. The summed E-state index contributed by atoms with van der Waals surface area (Å²) in [5, 5.41) is 21.0. The summed E-state index contributed by atoms with van der Waals surface area (Å²) in [6.45, 7) is 3.17. The zero-order valence-corrected chi connectivity index (χ0v) is 13.1. The molecule has 3 aromatic rings. The molecule has 4 rings (SSSR count). The number of phenols is 1. The number of carbonyl (C=O) groups excluding carboxylic acids is 1. The molecule has 3 N–H and O–H groups in total. The van der Waals surface area contributed by atoms with Gasteiger partial charge in [0, 0.05) is 17.0 Å². The highest BCUT2D eigenvalue weighted by atomic mass is 16.5. The number of hydrogen-bond donors (Lipinski definition) is 3. The third-order valence-corrected chi connectivity index (χ3v) is 4.46. The van der Waals surface area contributed by atoms with Crippen molar-refractivity contribution in [1.29, 1.82) is 0 Å². The predicted octanol–water partition coefficient (Wildman–Crippen LogP) is 2.10. The van der Waals surface area contributed by atoms with Gasteiger partial charge in [0.1, 0.15) is 17.1 Å². The van der Waals surface area contributed by atoms with Crippen LogP contribution in [0.1, 0.15) is 24.2 Å². The maximum absolute atomic E-state index is 12.7. The molecule has 0 unspecified atom stereocenters. The quantitative estimate of drug-likeness (QED) is 0.550. The molecular formula is C18H15NO5.